The standard InChI is InChI=1S/C60H59F3N2O15Si/c1-37(66)64-46-50(79-54(69)40-27-15-7-16-28-40)48(77-52(67)38-23-11-5-12-24-38)44(75-56(46)71)35-73-57-47(65-58(72)60(61,62)63)51(80-55(70)41-29-17-8-18-30-41)49(78-53(68)39-25-13-6-14-26-39)45(76-57)36-74-81(59(2,3)4,42-31-19-9-20-32-42)43-33-21-10-22-34-43/h5-34,44-51,56-57,71H,35-36H2,1-4H3,(H,64,66)(H,65,72)/t44-,45-,46-,47-,48-,49-,50-,51-,56-,57-/m1/s1. The van der Waals surface area contributed by atoms with E-state index >= 15 is 0 Å². The van der Waals surface area contributed by atoms with Gasteiger partial charge < -0.3 is 53.3 Å². The lowest BCUT2D eigenvalue weighted by molar-refractivity contribution is -0.296. The molecule has 6 aromatic carbocycles. The molecule has 0 radical (unpaired) electrons. The highest BCUT2D eigenvalue weighted by Gasteiger charge is 2.58. The SMILES string of the molecule is CC(=O)N[C@@H]1[C@@H](OC(=O)c2ccccc2)[C@H](OC(=O)c2ccccc2)[C@@H](CO[C@@H]2O[C@H](CO[Si](c3ccccc3)(c3ccccc3)C(C)(C)C)[C@@H](OC(=O)c3ccccc3)[C@H](OC(=O)c3ccccc3)[C@H]2NC(=O)C(F)(F)F)O[C@H]1O. The summed E-state index contributed by atoms with van der Waals surface area (Å²) in [5.74, 6) is -7.43. The second-order valence-corrected chi connectivity index (χ2v) is 24.4. The molecule has 81 heavy (non-hydrogen) atoms. The van der Waals surface area contributed by atoms with Crippen LogP contribution in [0.4, 0.5) is 13.2 Å². The van der Waals surface area contributed by atoms with Crippen molar-refractivity contribution in [1.29, 1.82) is 0 Å². The predicted octanol–water partition coefficient (Wildman–Crippen LogP) is 6.48. The Balaban J connectivity index is 1.26. The Kier molecular flexibility index (Phi) is 19.0. The summed E-state index contributed by atoms with van der Waals surface area (Å²) in [4.78, 5) is 82.6. The lowest BCUT2D eigenvalue weighted by Crippen LogP contribution is -2.70. The fourth-order valence-corrected chi connectivity index (χ4v) is 14.4. The molecule has 21 heteroatoms. The molecule has 2 aliphatic rings. The predicted molar refractivity (Wildman–Crippen MR) is 287 cm³/mol. The molecule has 2 amide bonds. The molecule has 0 bridgehead atoms. The van der Waals surface area contributed by atoms with E-state index < -0.39 is 130 Å². The minimum Gasteiger partial charge on any atom is -0.452 e. The lowest BCUT2D eigenvalue weighted by atomic mass is 9.95. The normalized spacial score (nSPS) is 23.0. The monoisotopic (exact) mass is 1130 g/mol. The highest BCUT2D eigenvalue weighted by Crippen LogP contribution is 2.39. The molecule has 0 saturated carbocycles. The van der Waals surface area contributed by atoms with Crippen molar-refractivity contribution in [1.82, 2.24) is 10.6 Å². The quantitative estimate of drug-likeness (QED) is 0.0477. The van der Waals surface area contributed by atoms with Crippen LogP contribution >= 0.6 is 0 Å². The third kappa shape index (κ3) is 14.1. The summed E-state index contributed by atoms with van der Waals surface area (Å²) >= 11 is 0. The van der Waals surface area contributed by atoms with Crippen LogP contribution in [-0.2, 0) is 47.2 Å². The minimum atomic E-state index is -5.58. The smallest absolute Gasteiger partial charge is 0.452 e. The van der Waals surface area contributed by atoms with E-state index in [1.54, 1.807) is 60.7 Å². The number of hydrogen-bond acceptors (Lipinski definition) is 15. The van der Waals surface area contributed by atoms with E-state index in [0.717, 1.165) is 17.3 Å². The fraction of sp³-hybridized carbons (Fsp3) is 0.300. The van der Waals surface area contributed by atoms with Crippen LogP contribution in [-0.4, -0.2) is 130 Å². The van der Waals surface area contributed by atoms with Gasteiger partial charge in [0.1, 0.15) is 24.3 Å². The van der Waals surface area contributed by atoms with Gasteiger partial charge in [0.05, 0.1) is 35.5 Å². The Morgan fingerprint density at radius 3 is 1.20 bits per heavy atom. The molecule has 6 aromatic rings. The van der Waals surface area contributed by atoms with Crippen molar-refractivity contribution in [3.63, 3.8) is 0 Å². The van der Waals surface area contributed by atoms with Crippen molar-refractivity contribution in [3.05, 3.63) is 204 Å². The maximum absolute atomic E-state index is 14.6. The number of alkyl halides is 3. The molecule has 10 atom stereocenters. The van der Waals surface area contributed by atoms with Gasteiger partial charge >= 0.3 is 36.0 Å². The zero-order chi connectivity index (χ0) is 57.9. The number of aliphatic hydroxyl groups is 1. The van der Waals surface area contributed by atoms with Crippen molar-refractivity contribution < 1.29 is 84.6 Å². The molecule has 0 unspecified atom stereocenters. The fourth-order valence-electron chi connectivity index (χ4n) is 9.80. The number of ether oxygens (including phenoxy) is 7. The van der Waals surface area contributed by atoms with Crippen molar-refractivity contribution in [3.8, 4) is 0 Å². The highest BCUT2D eigenvalue weighted by atomic mass is 28.4. The van der Waals surface area contributed by atoms with Gasteiger partial charge in [0.25, 0.3) is 8.32 Å². The first-order valence-electron chi connectivity index (χ1n) is 25.8. The van der Waals surface area contributed by atoms with Crippen LogP contribution in [0.15, 0.2) is 182 Å². The summed E-state index contributed by atoms with van der Waals surface area (Å²) < 4.78 is 94.5. The van der Waals surface area contributed by atoms with Crippen molar-refractivity contribution in [2.24, 2.45) is 0 Å². The van der Waals surface area contributed by atoms with Crippen LogP contribution in [0.2, 0.25) is 5.04 Å². The van der Waals surface area contributed by atoms with E-state index in [2.05, 4.69) is 5.32 Å². The lowest BCUT2D eigenvalue weighted by Gasteiger charge is -2.48. The number of rotatable bonds is 18. The first-order valence-corrected chi connectivity index (χ1v) is 27.7. The van der Waals surface area contributed by atoms with E-state index in [0.29, 0.717) is 0 Å². The molecule has 2 aliphatic heterocycles. The average molecular weight is 1130 g/mol. The van der Waals surface area contributed by atoms with Gasteiger partial charge in [-0.25, -0.2) is 19.2 Å². The van der Waals surface area contributed by atoms with Crippen LogP contribution in [0, 0.1) is 0 Å². The average Bonchev–Trinajstić information content (AvgIpc) is 3.52. The first kappa shape index (κ1) is 59.1. The topological polar surface area (TPSA) is 221 Å². The van der Waals surface area contributed by atoms with Gasteiger partial charge in [-0.1, -0.05) is 154 Å². The van der Waals surface area contributed by atoms with Gasteiger partial charge in [0.15, 0.2) is 37.0 Å². The van der Waals surface area contributed by atoms with Crippen LogP contribution in [0.3, 0.4) is 0 Å². The van der Waals surface area contributed by atoms with E-state index in [1.807, 2.05) is 86.8 Å². The Bertz CT molecular complexity index is 3050. The molecule has 8 rings (SSSR count). The number of carbonyl (C=O) groups excluding carboxylic acids is 6. The summed E-state index contributed by atoms with van der Waals surface area (Å²) in [7, 11) is -3.59. The molecule has 2 fully saturated rings. The molecule has 424 valence electrons. The summed E-state index contributed by atoms with van der Waals surface area (Å²) in [5.41, 5.74) is -0.0884. The Morgan fingerprint density at radius 1 is 0.494 bits per heavy atom. The minimum absolute atomic E-state index is 0.000870. The Labute approximate surface area is 465 Å². The van der Waals surface area contributed by atoms with E-state index in [-0.39, 0.29) is 22.3 Å². The second-order valence-electron chi connectivity index (χ2n) is 20.1. The van der Waals surface area contributed by atoms with E-state index in [9.17, 15) is 47.0 Å². The maximum Gasteiger partial charge on any atom is 0.471 e. The molecule has 0 aliphatic carbocycles. The summed E-state index contributed by atoms with van der Waals surface area (Å²) in [6, 6.07) is 44.8. The largest absolute Gasteiger partial charge is 0.471 e. The number of benzene rings is 6. The van der Waals surface area contributed by atoms with Crippen LogP contribution in [0.25, 0.3) is 0 Å². The van der Waals surface area contributed by atoms with Gasteiger partial charge in [-0.3, -0.25) is 9.59 Å². The second kappa shape index (κ2) is 26.0. The third-order valence-electron chi connectivity index (χ3n) is 13.6. The maximum atomic E-state index is 14.6. The number of carbonyl (C=O) groups is 6. The third-order valence-corrected chi connectivity index (χ3v) is 18.6. The Hall–Kier alpha value is -8.05. The number of hydrogen-bond donors (Lipinski definition) is 3. The number of aliphatic hydroxyl groups excluding tert-OH is 1. The summed E-state index contributed by atoms with van der Waals surface area (Å²) in [5, 5.41) is 16.9. The molecular weight excluding hydrogens is 1070 g/mol. The molecule has 2 heterocycles. The van der Waals surface area contributed by atoms with Crippen LogP contribution in [0.5, 0.6) is 0 Å². The van der Waals surface area contributed by atoms with Gasteiger partial charge in [0.2, 0.25) is 5.91 Å². The van der Waals surface area contributed by atoms with Gasteiger partial charge in [-0.05, 0) is 63.9 Å². The highest BCUT2D eigenvalue weighted by molar-refractivity contribution is 6.99. The Morgan fingerprint density at radius 2 is 0.840 bits per heavy atom. The van der Waals surface area contributed by atoms with E-state index in [4.69, 9.17) is 37.6 Å². The summed E-state index contributed by atoms with van der Waals surface area (Å²) in [6.45, 7) is 5.58. The molecule has 2 saturated heterocycles. The number of nitrogens with one attached hydrogen (secondary N) is 2. The number of amides is 2. The van der Waals surface area contributed by atoms with Crippen LogP contribution in [0.1, 0.15) is 69.1 Å². The first-order chi connectivity index (χ1) is 38.7. The molecule has 3 N–H and O–H groups in total. The molecule has 0 aromatic heterocycles. The number of halogens is 3. The molecular formula is C60H59F3N2O15Si. The molecule has 17 nitrogen and oxygen atoms in total. The van der Waals surface area contributed by atoms with Crippen molar-refractivity contribution in [2.45, 2.75) is 100 Å². The molecule has 0 spiro atoms. The van der Waals surface area contributed by atoms with Gasteiger partial charge in [0, 0.05) is 6.92 Å². The van der Waals surface area contributed by atoms with E-state index in [1.165, 1.54) is 60.7 Å². The zero-order valence-corrected chi connectivity index (χ0v) is 45.3. The van der Waals surface area contributed by atoms with Crippen LogP contribution < -0.4 is 21.0 Å². The zero-order valence-electron chi connectivity index (χ0n) is 44.3. The summed E-state index contributed by atoms with van der Waals surface area (Å²) in [6.07, 6.45) is -20.7. The van der Waals surface area contributed by atoms with Crippen molar-refractivity contribution >= 4 is 54.4 Å². The van der Waals surface area contributed by atoms with Gasteiger partial charge in [-0.15, -0.1) is 0 Å². The van der Waals surface area contributed by atoms with Gasteiger partial charge in [-0.2, -0.15) is 13.2 Å². The van der Waals surface area contributed by atoms with Crippen molar-refractivity contribution in [2.75, 3.05) is 13.2 Å². The number of esters is 4.